The van der Waals surface area contributed by atoms with Gasteiger partial charge in [0, 0.05) is 17.8 Å². The van der Waals surface area contributed by atoms with Crippen molar-refractivity contribution in [3.63, 3.8) is 0 Å². The van der Waals surface area contributed by atoms with Crippen molar-refractivity contribution in [3.8, 4) is 11.5 Å². The Bertz CT molecular complexity index is 1240. The number of nitrogens with one attached hydrogen (secondary N) is 1. The zero-order valence-electron chi connectivity index (χ0n) is 17.1. The summed E-state index contributed by atoms with van der Waals surface area (Å²) in [6.45, 7) is 1.87. The second-order valence-corrected chi connectivity index (χ2v) is 7.19. The Morgan fingerprint density at radius 2 is 1.88 bits per heavy atom. The number of nitro benzene ring substituents is 1. The number of nitrogens with zero attached hydrogens (tertiary/aromatic N) is 2. The van der Waals surface area contributed by atoms with Gasteiger partial charge in [0.05, 0.1) is 22.1 Å². The van der Waals surface area contributed by atoms with Gasteiger partial charge < -0.3 is 14.8 Å². The second-order valence-electron chi connectivity index (χ2n) is 6.38. The number of carbonyl (C=O) groups excluding carboxylic acids is 1. The Morgan fingerprint density at radius 3 is 2.52 bits per heavy atom. The zero-order valence-corrected chi connectivity index (χ0v) is 18.6. The summed E-state index contributed by atoms with van der Waals surface area (Å²) >= 11 is 12.1. The summed E-state index contributed by atoms with van der Waals surface area (Å²) in [5, 5.41) is 13.4. The Morgan fingerprint density at radius 1 is 1.12 bits per heavy atom. The van der Waals surface area contributed by atoms with Crippen LogP contribution in [0, 0.1) is 15.9 Å². The third kappa shape index (κ3) is 6.18. The highest BCUT2D eigenvalue weighted by Gasteiger charge is 2.15. The summed E-state index contributed by atoms with van der Waals surface area (Å²) in [4.78, 5) is 26.4. The van der Waals surface area contributed by atoms with E-state index in [4.69, 9.17) is 32.7 Å². The quantitative estimate of drug-likeness (QED) is 0.176. The predicted octanol–water partition coefficient (Wildman–Crippen LogP) is 6.85. The molecule has 170 valence electrons. The summed E-state index contributed by atoms with van der Waals surface area (Å²) in [6, 6.07) is 13.3. The molecule has 1 N–H and O–H groups in total. The minimum atomic E-state index is -0.798. The number of anilines is 1. The summed E-state index contributed by atoms with van der Waals surface area (Å²) in [5.74, 6) is -0.271. The number of benzene rings is 3. The fourth-order valence-corrected chi connectivity index (χ4v) is 3.13. The molecule has 8 nitrogen and oxygen atoms in total. The van der Waals surface area contributed by atoms with Crippen molar-refractivity contribution in [3.05, 3.63) is 92.2 Å². The fourth-order valence-electron chi connectivity index (χ4n) is 2.67. The lowest BCUT2D eigenvalue weighted by Crippen LogP contribution is -2.15. The number of nitro groups is 1. The standard InChI is InChI=1S/C22H16Cl2FN3O5/c1-2-32-21(15-5-3-4-6-18(15)25)27-22(29)26-13-7-10-20(17(24)11-13)33-14-8-9-19(28(30)31)16(23)12-14/h3-12H,2H2,1H3,(H,26,29)/b27-21-. The number of hydrogen-bond donors (Lipinski definition) is 1. The van der Waals surface area contributed by atoms with Crippen LogP contribution in [0.15, 0.2) is 65.7 Å². The fraction of sp³-hybridized carbons (Fsp3) is 0.0909. The van der Waals surface area contributed by atoms with E-state index in [1.165, 1.54) is 54.6 Å². The van der Waals surface area contributed by atoms with Crippen LogP contribution in [0.2, 0.25) is 10.0 Å². The Labute approximate surface area is 197 Å². The topological polar surface area (TPSA) is 103 Å². The lowest BCUT2D eigenvalue weighted by atomic mass is 10.2. The van der Waals surface area contributed by atoms with Gasteiger partial charge in [-0.25, -0.2) is 9.18 Å². The number of amides is 2. The van der Waals surface area contributed by atoms with Crippen LogP contribution in [0.25, 0.3) is 0 Å². The molecule has 0 aliphatic heterocycles. The van der Waals surface area contributed by atoms with Crippen molar-refractivity contribution >= 4 is 46.5 Å². The monoisotopic (exact) mass is 491 g/mol. The summed E-state index contributed by atoms with van der Waals surface area (Å²) in [6.07, 6.45) is 0. The average molecular weight is 492 g/mol. The van der Waals surface area contributed by atoms with Gasteiger partial charge in [-0.1, -0.05) is 35.3 Å². The molecular weight excluding hydrogens is 476 g/mol. The van der Waals surface area contributed by atoms with Crippen LogP contribution in [-0.2, 0) is 4.74 Å². The van der Waals surface area contributed by atoms with Crippen molar-refractivity contribution in [1.29, 1.82) is 0 Å². The van der Waals surface area contributed by atoms with Gasteiger partial charge in [0.25, 0.3) is 5.69 Å². The van der Waals surface area contributed by atoms with Crippen molar-refractivity contribution in [2.45, 2.75) is 6.92 Å². The van der Waals surface area contributed by atoms with Crippen molar-refractivity contribution < 1.29 is 23.6 Å². The van der Waals surface area contributed by atoms with Gasteiger partial charge in [0.2, 0.25) is 5.90 Å². The number of carbonyl (C=O) groups is 1. The second kappa shape index (κ2) is 10.8. The molecule has 0 saturated heterocycles. The number of rotatable bonds is 6. The third-order valence-corrected chi connectivity index (χ3v) is 4.71. The van der Waals surface area contributed by atoms with E-state index in [1.807, 2.05) is 0 Å². The lowest BCUT2D eigenvalue weighted by molar-refractivity contribution is -0.384. The smallest absolute Gasteiger partial charge is 0.348 e. The SMILES string of the molecule is CCO/C(=N\C(=O)Nc1ccc(Oc2ccc([N+](=O)[O-])c(Cl)c2)c(Cl)c1)c1ccccc1F. The van der Waals surface area contributed by atoms with Gasteiger partial charge >= 0.3 is 6.03 Å². The molecule has 3 rings (SSSR count). The maximum Gasteiger partial charge on any atom is 0.348 e. The van der Waals surface area contributed by atoms with Crippen LogP contribution in [0.4, 0.5) is 20.6 Å². The molecule has 0 radical (unpaired) electrons. The molecule has 0 fully saturated rings. The van der Waals surface area contributed by atoms with Crippen LogP contribution in [0.5, 0.6) is 11.5 Å². The van der Waals surface area contributed by atoms with E-state index in [0.717, 1.165) is 0 Å². The third-order valence-electron chi connectivity index (χ3n) is 4.12. The largest absolute Gasteiger partial charge is 0.477 e. The molecule has 0 saturated carbocycles. The first-order chi connectivity index (χ1) is 15.8. The lowest BCUT2D eigenvalue weighted by Gasteiger charge is -2.11. The maximum absolute atomic E-state index is 14.0. The molecule has 2 amide bonds. The molecule has 0 unspecified atom stereocenters. The van der Waals surface area contributed by atoms with Crippen LogP contribution in [-0.4, -0.2) is 23.5 Å². The first-order valence-corrected chi connectivity index (χ1v) is 10.2. The molecule has 11 heteroatoms. The van der Waals surface area contributed by atoms with Crippen LogP contribution in [0.3, 0.4) is 0 Å². The number of urea groups is 1. The first-order valence-electron chi connectivity index (χ1n) is 9.47. The van der Waals surface area contributed by atoms with Crippen LogP contribution in [0.1, 0.15) is 12.5 Å². The predicted molar refractivity (Wildman–Crippen MR) is 123 cm³/mol. The van der Waals surface area contributed by atoms with E-state index in [0.29, 0.717) is 5.69 Å². The number of halogens is 3. The van der Waals surface area contributed by atoms with Gasteiger partial charge in [-0.15, -0.1) is 0 Å². The highest BCUT2D eigenvalue weighted by molar-refractivity contribution is 6.33. The molecule has 3 aromatic carbocycles. The molecule has 0 aliphatic carbocycles. The number of ether oxygens (including phenoxy) is 2. The van der Waals surface area contributed by atoms with E-state index in [9.17, 15) is 19.3 Å². The van der Waals surface area contributed by atoms with E-state index >= 15 is 0 Å². The minimum Gasteiger partial charge on any atom is -0.477 e. The van der Waals surface area contributed by atoms with Gasteiger partial charge in [-0.2, -0.15) is 4.99 Å². The van der Waals surface area contributed by atoms with Crippen molar-refractivity contribution in [2.75, 3.05) is 11.9 Å². The Hall–Kier alpha value is -3.69. The summed E-state index contributed by atoms with van der Waals surface area (Å²) < 4.78 is 25.0. The van der Waals surface area contributed by atoms with E-state index < -0.39 is 16.8 Å². The van der Waals surface area contributed by atoms with Crippen LogP contribution < -0.4 is 10.1 Å². The van der Waals surface area contributed by atoms with E-state index in [-0.39, 0.29) is 45.3 Å². The highest BCUT2D eigenvalue weighted by Crippen LogP contribution is 2.35. The Balaban J connectivity index is 1.75. The molecule has 0 atom stereocenters. The minimum absolute atomic E-state index is 0.0537. The molecule has 0 bridgehead atoms. The first kappa shape index (κ1) is 24.0. The van der Waals surface area contributed by atoms with Gasteiger partial charge in [-0.05, 0) is 43.3 Å². The highest BCUT2D eigenvalue weighted by atomic mass is 35.5. The Kier molecular flexibility index (Phi) is 7.81. The van der Waals surface area contributed by atoms with Crippen molar-refractivity contribution in [2.24, 2.45) is 4.99 Å². The average Bonchev–Trinajstić information content (AvgIpc) is 2.75. The van der Waals surface area contributed by atoms with Gasteiger partial charge in [0.15, 0.2) is 0 Å². The molecule has 33 heavy (non-hydrogen) atoms. The molecule has 0 heterocycles. The van der Waals surface area contributed by atoms with Gasteiger partial charge in [-0.3, -0.25) is 10.1 Å². The zero-order chi connectivity index (χ0) is 24.0. The van der Waals surface area contributed by atoms with Crippen molar-refractivity contribution in [1.82, 2.24) is 0 Å². The summed E-state index contributed by atoms with van der Waals surface area (Å²) in [5.41, 5.74) is 0.0980. The summed E-state index contributed by atoms with van der Waals surface area (Å²) in [7, 11) is 0. The molecule has 0 aromatic heterocycles. The molecular formula is C22H16Cl2FN3O5. The maximum atomic E-state index is 14.0. The number of hydrogen-bond acceptors (Lipinski definition) is 5. The molecule has 3 aromatic rings. The normalized spacial score (nSPS) is 11.1. The molecule has 0 spiro atoms. The number of aliphatic imine (C=N–C) groups is 1. The van der Waals surface area contributed by atoms with E-state index in [2.05, 4.69) is 10.3 Å². The van der Waals surface area contributed by atoms with Crippen LogP contribution >= 0.6 is 23.2 Å². The van der Waals surface area contributed by atoms with E-state index in [1.54, 1.807) is 13.0 Å². The molecule has 0 aliphatic rings. The van der Waals surface area contributed by atoms with Gasteiger partial charge in [0.1, 0.15) is 22.3 Å².